The lowest BCUT2D eigenvalue weighted by atomic mass is 10.0. The number of benzene rings is 4. The van der Waals surface area contributed by atoms with Crippen molar-refractivity contribution in [3.05, 3.63) is 147 Å². The predicted octanol–water partition coefficient (Wildman–Crippen LogP) is 6.52. The number of carbonyl (C=O) groups excluding carboxylic acids is 1. The van der Waals surface area contributed by atoms with Crippen molar-refractivity contribution in [1.29, 1.82) is 0 Å². The second-order valence-corrected chi connectivity index (χ2v) is 11.3. The zero-order valence-corrected chi connectivity index (χ0v) is 26.3. The van der Waals surface area contributed by atoms with E-state index in [4.69, 9.17) is 4.74 Å². The van der Waals surface area contributed by atoms with Crippen LogP contribution in [0.5, 0.6) is 5.75 Å². The van der Waals surface area contributed by atoms with Crippen LogP contribution in [0.15, 0.2) is 109 Å². The van der Waals surface area contributed by atoms with Crippen LogP contribution in [0.25, 0.3) is 11.1 Å². The number of carbonyl (C=O) groups is 1. The van der Waals surface area contributed by atoms with E-state index in [1.54, 1.807) is 11.0 Å². The Bertz CT molecular complexity index is 1730. The third-order valence-electron chi connectivity index (χ3n) is 7.81. The van der Waals surface area contributed by atoms with Crippen molar-refractivity contribution in [3.8, 4) is 16.9 Å². The number of non-ortho nitro benzene ring substituents is 1. The molecule has 5 rings (SSSR count). The van der Waals surface area contributed by atoms with Crippen LogP contribution in [-0.4, -0.2) is 45.2 Å². The Morgan fingerprint density at radius 3 is 2.22 bits per heavy atom. The molecule has 1 heterocycles. The number of hydrogen-bond acceptors (Lipinski definition) is 6. The Labute approximate surface area is 269 Å². The summed E-state index contributed by atoms with van der Waals surface area (Å²) in [5, 5.41) is 19.2. The maximum atomic E-state index is 13.4. The molecule has 0 radical (unpaired) electrons. The number of amides is 1. The van der Waals surface area contributed by atoms with E-state index >= 15 is 0 Å². The highest BCUT2D eigenvalue weighted by Crippen LogP contribution is 2.22. The van der Waals surface area contributed by atoms with Gasteiger partial charge >= 0.3 is 0 Å². The minimum Gasteiger partial charge on any atom is -0.484 e. The second-order valence-electron chi connectivity index (χ2n) is 11.3. The van der Waals surface area contributed by atoms with Gasteiger partial charge in [0.05, 0.1) is 23.2 Å². The van der Waals surface area contributed by atoms with Crippen molar-refractivity contribution in [2.24, 2.45) is 0 Å². The minimum absolute atomic E-state index is 0.0865. The van der Waals surface area contributed by atoms with Crippen molar-refractivity contribution in [1.82, 2.24) is 20.0 Å². The van der Waals surface area contributed by atoms with Crippen molar-refractivity contribution in [3.63, 3.8) is 0 Å². The fourth-order valence-electron chi connectivity index (χ4n) is 5.28. The molecule has 0 saturated carbocycles. The summed E-state index contributed by atoms with van der Waals surface area (Å²) in [7, 11) is 0. The number of hydrogen-bond donors (Lipinski definition) is 1. The van der Waals surface area contributed by atoms with Gasteiger partial charge in [0.2, 0.25) is 0 Å². The zero-order chi connectivity index (χ0) is 32.3. The average Bonchev–Trinajstić information content (AvgIpc) is 3.41. The molecular formula is C37H39N5O4. The molecule has 9 nitrogen and oxygen atoms in total. The van der Waals surface area contributed by atoms with E-state index in [9.17, 15) is 14.9 Å². The fourth-order valence-corrected chi connectivity index (χ4v) is 5.28. The van der Waals surface area contributed by atoms with Crippen LogP contribution < -0.4 is 10.1 Å². The lowest BCUT2D eigenvalue weighted by molar-refractivity contribution is -0.384. The van der Waals surface area contributed by atoms with Crippen LogP contribution in [0, 0.1) is 24.0 Å². The summed E-state index contributed by atoms with van der Waals surface area (Å²) in [5.74, 6) is 0.0597. The van der Waals surface area contributed by atoms with E-state index in [-0.39, 0.29) is 24.0 Å². The molecule has 0 aliphatic rings. The molecule has 1 aromatic heterocycles. The molecule has 5 aromatic rings. The largest absolute Gasteiger partial charge is 0.484 e. The van der Waals surface area contributed by atoms with Crippen LogP contribution in [0.3, 0.4) is 0 Å². The number of nitro benzene ring substituents is 1. The first-order chi connectivity index (χ1) is 22.3. The number of aryl methyl sites for hydroxylation is 2. The summed E-state index contributed by atoms with van der Waals surface area (Å²) in [4.78, 5) is 25.8. The van der Waals surface area contributed by atoms with Crippen LogP contribution in [0.2, 0.25) is 0 Å². The van der Waals surface area contributed by atoms with E-state index in [2.05, 4.69) is 71.1 Å². The third kappa shape index (κ3) is 9.12. The molecule has 0 atom stereocenters. The maximum Gasteiger partial charge on any atom is 0.273 e. The molecule has 1 N–H and O–H groups in total. The lowest BCUT2D eigenvalue weighted by Crippen LogP contribution is -2.37. The van der Waals surface area contributed by atoms with Crippen LogP contribution in [0.4, 0.5) is 5.69 Å². The third-order valence-corrected chi connectivity index (χ3v) is 7.81. The Morgan fingerprint density at radius 1 is 0.870 bits per heavy atom. The molecule has 4 aromatic carbocycles. The first-order valence-corrected chi connectivity index (χ1v) is 15.4. The van der Waals surface area contributed by atoms with E-state index < -0.39 is 4.92 Å². The summed E-state index contributed by atoms with van der Waals surface area (Å²) < 4.78 is 7.56. The monoisotopic (exact) mass is 617 g/mol. The van der Waals surface area contributed by atoms with Crippen molar-refractivity contribution < 1.29 is 14.5 Å². The van der Waals surface area contributed by atoms with Gasteiger partial charge in [0.1, 0.15) is 5.75 Å². The Balaban J connectivity index is 1.19. The SMILES string of the molecule is Cc1cc(C)n(CCN(Cc2ccc(-c3ccc(CNCCc4ccccc4)cc3)cc2)C(=O)COc2cccc([N+](=O)[O-])c2)n1. The Morgan fingerprint density at radius 2 is 1.57 bits per heavy atom. The van der Waals surface area contributed by atoms with Gasteiger partial charge in [0, 0.05) is 31.4 Å². The highest BCUT2D eigenvalue weighted by molar-refractivity contribution is 5.78. The van der Waals surface area contributed by atoms with Crippen LogP contribution in [0.1, 0.15) is 28.1 Å². The minimum atomic E-state index is -0.487. The number of nitrogens with one attached hydrogen (secondary N) is 1. The number of aromatic nitrogens is 2. The van der Waals surface area contributed by atoms with E-state index in [1.807, 2.05) is 42.8 Å². The predicted molar refractivity (Wildman–Crippen MR) is 179 cm³/mol. The van der Waals surface area contributed by atoms with Gasteiger partial charge in [0.15, 0.2) is 6.61 Å². The van der Waals surface area contributed by atoms with Gasteiger partial charge in [-0.1, -0.05) is 84.9 Å². The quantitative estimate of drug-likeness (QED) is 0.0816. The van der Waals surface area contributed by atoms with E-state index in [1.165, 1.54) is 29.3 Å². The number of ether oxygens (including phenoxy) is 1. The van der Waals surface area contributed by atoms with Crippen molar-refractivity contribution in [2.75, 3.05) is 19.7 Å². The molecule has 236 valence electrons. The standard InChI is InChI=1S/C37H39N5O4/c1-28-23-29(2)41(39-28)22-21-40(37(43)27-46-36-10-6-9-35(24-36)42(44)45)26-32-13-17-34(18-14-32)33-15-11-31(12-16-33)25-38-20-19-30-7-4-3-5-8-30/h3-18,23-24,38H,19-22,25-27H2,1-2H3. The Hall–Kier alpha value is -5.28. The van der Waals surface area contributed by atoms with Crippen LogP contribution >= 0.6 is 0 Å². The topological polar surface area (TPSA) is 103 Å². The van der Waals surface area contributed by atoms with Crippen molar-refractivity contribution in [2.45, 2.75) is 39.9 Å². The molecule has 0 unspecified atom stereocenters. The summed E-state index contributed by atoms with van der Waals surface area (Å²) in [6.07, 6.45) is 1.00. The summed E-state index contributed by atoms with van der Waals surface area (Å²) in [6.45, 7) is 6.81. The molecule has 0 fully saturated rings. The highest BCUT2D eigenvalue weighted by Gasteiger charge is 2.17. The fraction of sp³-hybridized carbons (Fsp3) is 0.243. The first-order valence-electron chi connectivity index (χ1n) is 15.4. The van der Waals surface area contributed by atoms with Gasteiger partial charge in [-0.15, -0.1) is 0 Å². The molecule has 0 spiro atoms. The Kier molecular flexibility index (Phi) is 10.9. The summed E-state index contributed by atoms with van der Waals surface area (Å²) in [5.41, 5.74) is 7.64. The first kappa shape index (κ1) is 32.1. The van der Waals surface area contributed by atoms with Gasteiger partial charge in [-0.25, -0.2) is 0 Å². The summed E-state index contributed by atoms with van der Waals surface area (Å²) in [6, 6.07) is 35.2. The molecule has 1 amide bonds. The highest BCUT2D eigenvalue weighted by atomic mass is 16.6. The maximum absolute atomic E-state index is 13.4. The van der Waals surface area contributed by atoms with Gasteiger partial charge in [-0.3, -0.25) is 19.6 Å². The molecule has 9 heteroatoms. The molecular weight excluding hydrogens is 578 g/mol. The molecule has 0 aliphatic carbocycles. The van der Waals surface area contributed by atoms with E-state index in [0.29, 0.717) is 19.6 Å². The summed E-state index contributed by atoms with van der Waals surface area (Å²) >= 11 is 0. The smallest absolute Gasteiger partial charge is 0.273 e. The molecule has 0 bridgehead atoms. The number of nitro groups is 1. The van der Waals surface area contributed by atoms with E-state index in [0.717, 1.165) is 47.6 Å². The number of rotatable bonds is 15. The van der Waals surface area contributed by atoms with Gasteiger partial charge < -0.3 is 15.0 Å². The average molecular weight is 618 g/mol. The van der Waals surface area contributed by atoms with Gasteiger partial charge in [0.25, 0.3) is 11.6 Å². The number of nitrogens with zero attached hydrogens (tertiary/aromatic N) is 4. The normalized spacial score (nSPS) is 10.9. The van der Waals surface area contributed by atoms with Gasteiger partial charge in [-0.05, 0) is 66.8 Å². The zero-order valence-electron chi connectivity index (χ0n) is 26.3. The van der Waals surface area contributed by atoms with Crippen molar-refractivity contribution >= 4 is 11.6 Å². The molecule has 0 saturated heterocycles. The van der Waals surface area contributed by atoms with Gasteiger partial charge in [-0.2, -0.15) is 5.10 Å². The molecule has 46 heavy (non-hydrogen) atoms. The molecule has 0 aliphatic heterocycles. The lowest BCUT2D eigenvalue weighted by Gasteiger charge is -2.23. The second kappa shape index (κ2) is 15.6. The van der Waals surface area contributed by atoms with Crippen LogP contribution in [-0.2, 0) is 30.8 Å².